The number of rotatable bonds is 6. The molecule has 0 unspecified atom stereocenters. The van der Waals surface area contributed by atoms with Crippen molar-refractivity contribution in [3.05, 3.63) is 244 Å². The van der Waals surface area contributed by atoms with E-state index in [9.17, 15) is 115 Å². The minimum atomic E-state index is -10.7. The van der Waals surface area contributed by atoms with Crippen LogP contribution in [0.15, 0.2) is 244 Å². The number of fused-ring (bicyclic) bond motifs is 2. The van der Waals surface area contributed by atoms with E-state index < -0.39 is 31.2 Å². The van der Waals surface area contributed by atoms with E-state index in [1.165, 1.54) is 41.5 Å². The molecule has 17 nitrogen and oxygen atoms in total. The monoisotopic (exact) mass is 1880 g/mol. The van der Waals surface area contributed by atoms with Crippen LogP contribution in [0, 0.1) is 0 Å². The van der Waals surface area contributed by atoms with Crippen LogP contribution in [0.4, 0.5) is 101 Å². The Kier molecular flexibility index (Phi) is 38.4. The van der Waals surface area contributed by atoms with Gasteiger partial charge in [-0.15, -0.1) is 0 Å². The third-order valence-electron chi connectivity index (χ3n) is 9.99. The summed E-state index contributed by atoms with van der Waals surface area (Å²) >= 11 is 0. The van der Waals surface area contributed by atoms with Crippen molar-refractivity contribution in [3.63, 3.8) is 0 Å². The normalized spacial score (nSPS) is 12.8. The third kappa shape index (κ3) is 66.3. The first kappa shape index (κ1) is 107. The Morgan fingerprint density at radius 3 is 0.518 bits per heavy atom. The molecule has 0 saturated heterocycles. The fraction of sp³-hybridized carbons (Fsp3) is 0.0923. The molecule has 0 aliphatic rings. The van der Waals surface area contributed by atoms with Gasteiger partial charge in [0.2, 0.25) is 0 Å². The zero-order valence-electron chi connectivity index (χ0n) is 57.9. The summed E-state index contributed by atoms with van der Waals surface area (Å²) in [4.78, 5) is 80.6. The average Bonchev–Trinajstić information content (AvgIpc) is 0.796. The van der Waals surface area contributed by atoms with E-state index >= 15 is 0 Å². The average molecular weight is 1880 g/mol. The quantitative estimate of drug-likeness (QED) is 0.0648. The molecule has 47 heteroatoms. The van der Waals surface area contributed by atoms with Gasteiger partial charge in [-0.1, -0.05) is 48.5 Å². The number of ketones is 3. The summed E-state index contributed by atoms with van der Waals surface area (Å²) in [6.45, 7) is 9.17. The largest absolute Gasteiger partial charge is 2.00 e. The minimum Gasteiger partial charge on any atom is -0.457 e. The summed E-state index contributed by atoms with van der Waals surface area (Å²) in [5.74, 6) is 0.500. The molecule has 12 aromatic rings. The number of hydrogen-bond acceptors (Lipinski definition) is 15. The Morgan fingerprint density at radius 2 is 0.357 bits per heavy atom. The Balaban J connectivity index is -0.00000121. The first-order valence-electron chi connectivity index (χ1n) is 29.3. The smallest absolute Gasteiger partial charge is 0.457 e. The van der Waals surface area contributed by atoms with Crippen molar-refractivity contribution >= 4 is 70.7 Å². The van der Waals surface area contributed by atoms with Gasteiger partial charge in [-0.05, 0) is 187 Å². The molecule has 112 heavy (non-hydrogen) atoms. The van der Waals surface area contributed by atoms with Crippen molar-refractivity contribution in [3.8, 4) is 68.3 Å². The van der Waals surface area contributed by atoms with E-state index in [1.54, 1.807) is 49.6 Å². The van der Waals surface area contributed by atoms with Gasteiger partial charge in [-0.25, -0.2) is 29.9 Å². The van der Waals surface area contributed by atoms with Crippen LogP contribution in [0.5, 0.6) is 0 Å². The van der Waals surface area contributed by atoms with Crippen LogP contribution in [0.1, 0.15) is 41.5 Å². The van der Waals surface area contributed by atoms with Gasteiger partial charge in [0, 0.05) is 60.3 Å². The molecular weight excluding hydrogens is 1810 g/mol. The maximum absolute atomic E-state index is 10.7. The molecule has 12 rings (SSSR count). The van der Waals surface area contributed by atoms with Crippen molar-refractivity contribution in [1.29, 1.82) is 0 Å². The summed E-state index contributed by atoms with van der Waals surface area (Å²) in [6.07, 6.45) is 14.1. The van der Waals surface area contributed by atoms with Crippen LogP contribution in [-0.4, -0.2) is 77.2 Å². The van der Waals surface area contributed by atoms with E-state index in [1.807, 2.05) is 194 Å². The van der Waals surface area contributed by atoms with Crippen molar-refractivity contribution in [2.45, 2.75) is 41.5 Å². The Hall–Kier alpha value is -9.46. The number of halogens is 24. The molecule has 12 heterocycles. The van der Waals surface area contributed by atoms with Crippen molar-refractivity contribution in [2.75, 3.05) is 0 Å². The maximum atomic E-state index is 9.87. The summed E-state index contributed by atoms with van der Waals surface area (Å²) in [5, 5.41) is 2.09. The van der Waals surface area contributed by atoms with Crippen molar-refractivity contribution in [2.24, 2.45) is 0 Å². The Bertz CT molecular complexity index is 4330. The fourth-order valence-electron chi connectivity index (χ4n) is 6.72. The maximum Gasteiger partial charge on any atom is 2.00 e. The standard InChI is InChI=1S/2C15H11N3.2C13H9N3.3C3H6O.4F6P.2H2O.2Ru/c2*1-3-10-16-12(6-1)14-8-5-9-15(18-14)13-7-2-4-11-17-13;2*1-2-8-14-11(5-1)12-7-6-10-4-3-9-15-13(10)16-12;3*1-3(2)4;4*1-7(2,3,4,5)6;;;;/h2*1-11H;2*1-9H;3*1-2H3;;;;;2*1H2;;/q;;;;;;;4*-1;;;2*+2/p+2. The predicted molar refractivity (Wildman–Crippen MR) is 380 cm³/mol. The van der Waals surface area contributed by atoms with E-state index in [0.29, 0.717) is 0 Å². The Morgan fingerprint density at radius 1 is 0.205 bits per heavy atom. The number of carbonyl (C=O) groups is 3. The molecule has 0 saturated carbocycles. The molecule has 6 N–H and O–H groups in total. The van der Waals surface area contributed by atoms with Gasteiger partial charge < -0.3 is 25.3 Å². The fourth-order valence-corrected chi connectivity index (χ4v) is 6.72. The van der Waals surface area contributed by atoms with E-state index in [-0.39, 0.29) is 67.3 Å². The molecular formula is C65H64F24N12O5P4Ru2+2. The molecule has 0 aliphatic carbocycles. The second-order valence-electron chi connectivity index (χ2n) is 21.2. The topological polar surface area (TPSA) is 272 Å². The van der Waals surface area contributed by atoms with E-state index in [2.05, 4.69) is 59.8 Å². The molecule has 616 valence electrons. The molecule has 0 bridgehead atoms. The number of hydrogen-bond donors (Lipinski definition) is 0. The third-order valence-corrected chi connectivity index (χ3v) is 9.99. The molecule has 0 radical (unpaired) electrons. The number of carbonyl (C=O) groups excluding carboxylic acids is 3. The molecule has 0 amide bonds. The Labute approximate surface area is 645 Å². The van der Waals surface area contributed by atoms with E-state index in [0.717, 1.165) is 90.4 Å². The van der Waals surface area contributed by atoms with Crippen molar-refractivity contribution in [1.82, 2.24) is 59.8 Å². The number of pyridine rings is 12. The van der Waals surface area contributed by atoms with Gasteiger partial charge in [-0.2, -0.15) is 0 Å². The summed E-state index contributed by atoms with van der Waals surface area (Å²) < 4.78 is 237. The summed E-state index contributed by atoms with van der Waals surface area (Å²) in [7, 11) is -42.6. The summed E-state index contributed by atoms with van der Waals surface area (Å²) in [6, 6.07) is 62.3. The van der Waals surface area contributed by atoms with Crippen LogP contribution in [0.3, 0.4) is 0 Å². The minimum absolute atomic E-state index is 0. The van der Waals surface area contributed by atoms with Crippen LogP contribution >= 0.6 is 31.2 Å². The molecule has 0 aliphatic heterocycles. The summed E-state index contributed by atoms with van der Waals surface area (Å²) in [5.41, 5.74) is 11.9. The van der Waals surface area contributed by atoms with Gasteiger partial charge in [-0.3, -0.25) is 29.9 Å². The second kappa shape index (κ2) is 40.3. The number of Topliss-reactive ketones (excluding diaryl/α,β-unsaturated/α-hetero) is 3. The van der Waals surface area contributed by atoms with Crippen LogP contribution in [-0.2, 0) is 64.3 Å². The van der Waals surface area contributed by atoms with Crippen LogP contribution < -0.4 is 0 Å². The molecule has 0 spiro atoms. The van der Waals surface area contributed by atoms with Crippen LogP contribution in [0.25, 0.3) is 90.4 Å². The van der Waals surface area contributed by atoms with Crippen molar-refractivity contribution < 1.29 is 165 Å². The first-order valence-corrected chi connectivity index (χ1v) is 37.4. The van der Waals surface area contributed by atoms with E-state index in [4.69, 9.17) is 0 Å². The SMILES string of the molecule is CC(C)=O.CC(C)=O.CC(C)=O.F[P-](F)(F)(F)(F)F.F[P-](F)(F)(F)(F)F.F[P-](F)(F)(F)(F)F.F[P-](F)(F)(F)(F)F.[OH3+].[OH3+].[Ru+2].[Ru+2].c1ccc(-c2ccc3cccnc3n2)nc1.c1ccc(-c2ccc3cccnc3n2)nc1.c1ccc(-c2cccc(-c3ccccn3)n2)nc1.c1ccc(-c2cccc(-c3ccccn3)n2)nc1. The van der Waals surface area contributed by atoms with Gasteiger partial charge in [0.15, 0.2) is 11.3 Å². The number of aromatic nitrogens is 12. The van der Waals surface area contributed by atoms with Gasteiger partial charge >= 0.3 is 171 Å². The zero-order valence-corrected chi connectivity index (χ0v) is 65.0. The van der Waals surface area contributed by atoms with Gasteiger partial charge in [0.25, 0.3) is 0 Å². The molecule has 0 atom stereocenters. The second-order valence-corrected chi connectivity index (χ2v) is 28.8. The predicted octanol–water partition coefficient (Wildman–Crippen LogP) is 25.3. The first-order chi connectivity index (χ1) is 48.7. The number of nitrogens with zero attached hydrogens (tertiary/aromatic N) is 12. The van der Waals surface area contributed by atoms with Gasteiger partial charge in [0.05, 0.1) is 68.3 Å². The van der Waals surface area contributed by atoms with Gasteiger partial charge in [0.1, 0.15) is 17.3 Å². The molecule has 12 aromatic heterocycles. The molecule has 0 fully saturated rings. The zero-order chi connectivity index (χ0) is 82.4. The molecule has 0 aromatic carbocycles. The van der Waals surface area contributed by atoms with Crippen LogP contribution in [0.2, 0.25) is 0 Å².